The lowest BCUT2D eigenvalue weighted by Crippen LogP contribution is -2.59. The van der Waals surface area contributed by atoms with E-state index in [4.69, 9.17) is 27.9 Å². The van der Waals surface area contributed by atoms with Crippen molar-refractivity contribution in [1.82, 2.24) is 20.2 Å². The van der Waals surface area contributed by atoms with Gasteiger partial charge in [-0.25, -0.2) is 9.97 Å². The average molecular weight is 534 g/mol. The zero-order valence-corrected chi connectivity index (χ0v) is 22.0. The number of carbonyl (C=O) groups is 1. The summed E-state index contributed by atoms with van der Waals surface area (Å²) in [6.45, 7) is 6.64. The van der Waals surface area contributed by atoms with E-state index in [9.17, 15) is 9.90 Å². The first-order chi connectivity index (χ1) is 17.5. The Bertz CT molecular complexity index is 1080. The Morgan fingerprint density at radius 2 is 1.89 bits per heavy atom. The van der Waals surface area contributed by atoms with Gasteiger partial charge in [0.25, 0.3) is 0 Å². The van der Waals surface area contributed by atoms with E-state index in [2.05, 4.69) is 32.0 Å². The Morgan fingerprint density at radius 1 is 1.14 bits per heavy atom. The van der Waals surface area contributed by atoms with E-state index in [0.29, 0.717) is 16.5 Å². The third-order valence-electron chi connectivity index (χ3n) is 7.73. The number of carbonyl (C=O) groups excluding carboxylic acids is 1. The maximum Gasteiger partial charge on any atom is 0.135 e. The van der Waals surface area contributed by atoms with Crippen molar-refractivity contribution in [2.24, 2.45) is 0 Å². The van der Waals surface area contributed by atoms with Gasteiger partial charge < -0.3 is 19.5 Å². The fourth-order valence-corrected chi connectivity index (χ4v) is 6.07. The smallest absolute Gasteiger partial charge is 0.135 e. The van der Waals surface area contributed by atoms with Crippen molar-refractivity contribution in [2.75, 3.05) is 44.3 Å². The molecule has 2 aliphatic heterocycles. The number of piperazine rings is 1. The predicted octanol–water partition coefficient (Wildman–Crippen LogP) is 3.52. The van der Waals surface area contributed by atoms with Crippen LogP contribution in [-0.2, 0) is 9.53 Å². The number of nitrogens with zero attached hydrogens (tertiary/aromatic N) is 4. The monoisotopic (exact) mass is 533 g/mol. The highest BCUT2D eigenvalue weighted by molar-refractivity contribution is 6.42. The third kappa shape index (κ3) is 5.26. The molecule has 0 spiro atoms. The van der Waals surface area contributed by atoms with Crippen molar-refractivity contribution in [3.63, 3.8) is 0 Å². The summed E-state index contributed by atoms with van der Waals surface area (Å²) >= 11 is 12.5. The number of aliphatic hydroxyl groups is 1. The molecule has 0 radical (unpaired) electrons. The second-order valence-electron chi connectivity index (χ2n) is 10.0. The zero-order chi connectivity index (χ0) is 25.2. The van der Waals surface area contributed by atoms with Crippen LogP contribution >= 0.6 is 23.2 Å². The van der Waals surface area contributed by atoms with E-state index >= 15 is 0 Å². The number of hydrogen-bond donors (Lipinski definition) is 2. The van der Waals surface area contributed by atoms with Gasteiger partial charge in [0.05, 0.1) is 33.9 Å². The molecule has 0 saturated carbocycles. The lowest BCUT2D eigenvalue weighted by atomic mass is 9.94. The fraction of sp³-hybridized carbons (Fsp3) is 0.577. The van der Waals surface area contributed by atoms with Crippen molar-refractivity contribution in [1.29, 1.82) is 0 Å². The van der Waals surface area contributed by atoms with E-state index in [1.54, 1.807) is 18.5 Å². The number of rotatable bonds is 7. The summed E-state index contributed by atoms with van der Waals surface area (Å²) in [7, 11) is 0. The van der Waals surface area contributed by atoms with Crippen LogP contribution in [0.5, 0.6) is 0 Å². The van der Waals surface area contributed by atoms with Gasteiger partial charge in [0, 0.05) is 51.0 Å². The van der Waals surface area contributed by atoms with Gasteiger partial charge in [-0.15, -0.1) is 0 Å². The molecule has 3 heterocycles. The van der Waals surface area contributed by atoms with Gasteiger partial charge in [0.2, 0.25) is 0 Å². The van der Waals surface area contributed by atoms with Gasteiger partial charge in [-0.05, 0) is 42.9 Å². The van der Waals surface area contributed by atoms with Crippen molar-refractivity contribution in [3.8, 4) is 0 Å². The van der Waals surface area contributed by atoms with Gasteiger partial charge in [-0.1, -0.05) is 36.2 Å². The summed E-state index contributed by atoms with van der Waals surface area (Å²) in [5.41, 5.74) is 2.68. The predicted molar refractivity (Wildman–Crippen MR) is 140 cm³/mol. The minimum Gasteiger partial charge on any atom is -0.387 e. The number of ether oxygens (including phenoxy) is 1. The van der Waals surface area contributed by atoms with E-state index < -0.39 is 12.0 Å². The molecule has 1 aromatic carbocycles. The fourth-order valence-electron chi connectivity index (χ4n) is 5.76. The Labute approximate surface area is 221 Å². The molecule has 2 unspecified atom stereocenters. The highest BCUT2D eigenvalue weighted by Gasteiger charge is 2.36. The Kier molecular flexibility index (Phi) is 8.10. The molecule has 4 atom stereocenters. The van der Waals surface area contributed by atoms with Crippen LogP contribution in [0.2, 0.25) is 10.0 Å². The molecule has 1 aliphatic carbocycles. The van der Waals surface area contributed by atoms with Crippen molar-refractivity contribution in [3.05, 3.63) is 51.4 Å². The number of aliphatic hydroxyl groups excluding tert-OH is 1. The molecule has 2 fully saturated rings. The lowest BCUT2D eigenvalue weighted by Gasteiger charge is -2.44. The Balaban J connectivity index is 1.36. The van der Waals surface area contributed by atoms with Gasteiger partial charge in [-0.3, -0.25) is 10.2 Å². The van der Waals surface area contributed by atoms with Gasteiger partial charge in [0.15, 0.2) is 0 Å². The van der Waals surface area contributed by atoms with Crippen LogP contribution in [0.1, 0.15) is 60.9 Å². The number of hydrogen-bond acceptors (Lipinski definition) is 8. The molecular weight excluding hydrogens is 501 g/mol. The maximum absolute atomic E-state index is 12.5. The standard InChI is InChI=1S/C26H33Cl2N5O3/c1-16-12-22(35)24-23(16)26(30-15-29-24)33-8-6-32(7-9-33)25(31-18-4-10-36-11-5-18)19(14-34)17-2-3-20(27)21(28)13-17/h2-3,13-16,18-19,22,25,31,35H,4-12H2,1H3/t16-,19?,22-,25?/m1/s1. The number of anilines is 1. The number of halogens is 2. The molecule has 2 aromatic rings. The van der Waals surface area contributed by atoms with Crippen LogP contribution in [0.25, 0.3) is 0 Å². The molecule has 2 N–H and O–H groups in total. The van der Waals surface area contributed by atoms with Gasteiger partial charge in [0.1, 0.15) is 18.4 Å². The molecule has 194 valence electrons. The van der Waals surface area contributed by atoms with Gasteiger partial charge in [-0.2, -0.15) is 0 Å². The quantitative estimate of drug-likeness (QED) is 0.522. The van der Waals surface area contributed by atoms with Crippen LogP contribution in [0.4, 0.5) is 5.82 Å². The van der Waals surface area contributed by atoms with Crippen molar-refractivity contribution < 1.29 is 14.6 Å². The van der Waals surface area contributed by atoms with E-state index in [1.807, 2.05) is 6.07 Å². The summed E-state index contributed by atoms with van der Waals surface area (Å²) in [4.78, 5) is 26.1. The minimum absolute atomic E-state index is 0.179. The van der Waals surface area contributed by atoms with Crippen LogP contribution in [0.15, 0.2) is 24.5 Å². The van der Waals surface area contributed by atoms with Crippen LogP contribution in [0, 0.1) is 0 Å². The third-order valence-corrected chi connectivity index (χ3v) is 8.47. The van der Waals surface area contributed by atoms with E-state index in [0.717, 1.165) is 81.2 Å². The van der Waals surface area contributed by atoms with E-state index in [1.165, 1.54) is 0 Å². The molecule has 2 saturated heterocycles. The Hall–Kier alpha value is -1.81. The first-order valence-corrected chi connectivity index (χ1v) is 13.5. The lowest BCUT2D eigenvalue weighted by molar-refractivity contribution is -0.111. The first kappa shape index (κ1) is 25.8. The molecule has 10 heteroatoms. The molecule has 0 bridgehead atoms. The van der Waals surface area contributed by atoms with Crippen LogP contribution in [0.3, 0.4) is 0 Å². The van der Waals surface area contributed by atoms with Crippen LogP contribution in [-0.4, -0.2) is 77.9 Å². The number of fused-ring (bicyclic) bond motifs is 1. The molecule has 5 rings (SSSR count). The summed E-state index contributed by atoms with van der Waals surface area (Å²) < 4.78 is 5.55. The molecular formula is C26H33Cl2N5O3. The number of aromatic nitrogens is 2. The Morgan fingerprint density at radius 3 is 2.58 bits per heavy atom. The van der Waals surface area contributed by atoms with Gasteiger partial charge >= 0.3 is 0 Å². The summed E-state index contributed by atoms with van der Waals surface area (Å²) in [6.07, 6.45) is 4.39. The summed E-state index contributed by atoms with van der Waals surface area (Å²) in [5.74, 6) is 0.753. The minimum atomic E-state index is -0.523. The maximum atomic E-state index is 12.5. The second kappa shape index (κ2) is 11.3. The second-order valence-corrected chi connectivity index (χ2v) is 10.8. The molecule has 1 aromatic heterocycles. The van der Waals surface area contributed by atoms with Crippen LogP contribution < -0.4 is 10.2 Å². The highest BCUT2D eigenvalue weighted by atomic mass is 35.5. The largest absolute Gasteiger partial charge is 0.387 e. The summed E-state index contributed by atoms with van der Waals surface area (Å²) in [6, 6.07) is 5.72. The highest BCUT2D eigenvalue weighted by Crippen LogP contribution is 2.43. The normalized spacial score (nSPS) is 24.9. The topological polar surface area (TPSA) is 90.8 Å². The van der Waals surface area contributed by atoms with Crippen molar-refractivity contribution in [2.45, 2.75) is 56.3 Å². The molecule has 0 amide bonds. The number of aldehydes is 1. The van der Waals surface area contributed by atoms with E-state index in [-0.39, 0.29) is 18.1 Å². The average Bonchev–Trinajstić information content (AvgIpc) is 3.20. The van der Waals surface area contributed by atoms with Crippen molar-refractivity contribution >= 4 is 35.3 Å². The number of nitrogens with one attached hydrogen (secondary N) is 1. The molecule has 8 nitrogen and oxygen atoms in total. The molecule has 36 heavy (non-hydrogen) atoms. The zero-order valence-electron chi connectivity index (χ0n) is 20.4. The number of benzene rings is 1. The summed E-state index contributed by atoms with van der Waals surface area (Å²) in [5, 5.41) is 15.1. The SMILES string of the molecule is C[C@@H]1C[C@@H](O)c2ncnc(N3CCN(C(NC4CCOCC4)C(C=O)c4ccc(Cl)c(Cl)c4)CC3)c21. The molecule has 3 aliphatic rings. The first-order valence-electron chi connectivity index (χ1n) is 12.7.